The van der Waals surface area contributed by atoms with Gasteiger partial charge in [0.05, 0.1) is 40.6 Å². The molecule has 1 aliphatic heterocycles. The number of hydrogen-bond acceptors (Lipinski definition) is 4. The number of methoxy groups -OCH3 is 1. The highest BCUT2D eigenvalue weighted by atomic mass is 35.5. The van der Waals surface area contributed by atoms with Crippen LogP contribution in [0.3, 0.4) is 0 Å². The molecule has 1 N–H and O–H groups in total. The van der Waals surface area contributed by atoms with Gasteiger partial charge in [-0.25, -0.2) is 9.07 Å². The molecule has 144 valence electrons. The van der Waals surface area contributed by atoms with Crippen LogP contribution < -0.4 is 10.1 Å². The van der Waals surface area contributed by atoms with Crippen molar-refractivity contribution in [1.82, 2.24) is 9.78 Å². The van der Waals surface area contributed by atoms with E-state index in [1.54, 1.807) is 36.1 Å². The number of nitrogens with one attached hydrogen (secondary N) is 1. The molecule has 1 amide bonds. The Labute approximate surface area is 167 Å². The molecule has 2 heterocycles. The highest BCUT2D eigenvalue weighted by Crippen LogP contribution is 2.32. The van der Waals surface area contributed by atoms with Crippen LogP contribution in [0.1, 0.15) is 21.6 Å². The van der Waals surface area contributed by atoms with Crippen molar-refractivity contribution in [2.75, 3.05) is 12.4 Å². The molecule has 1 aromatic heterocycles. The summed E-state index contributed by atoms with van der Waals surface area (Å²) in [5.74, 6) is 0.191. The molecule has 3 aromatic rings. The summed E-state index contributed by atoms with van der Waals surface area (Å²) in [6.07, 6.45) is 0. The molecule has 0 saturated heterocycles. The summed E-state index contributed by atoms with van der Waals surface area (Å²) in [5.41, 5.74) is 1.74. The minimum Gasteiger partial charge on any atom is -0.497 e. The van der Waals surface area contributed by atoms with E-state index in [2.05, 4.69) is 10.4 Å². The summed E-state index contributed by atoms with van der Waals surface area (Å²) in [5, 5.41) is 7.22. The van der Waals surface area contributed by atoms with E-state index in [1.807, 2.05) is 0 Å². The first kappa shape index (κ1) is 18.6. The second kappa shape index (κ2) is 7.37. The van der Waals surface area contributed by atoms with E-state index < -0.39 is 22.5 Å². The lowest BCUT2D eigenvalue weighted by Gasteiger charge is -2.12. The third-order valence-corrected chi connectivity index (χ3v) is 5.93. The van der Waals surface area contributed by atoms with Gasteiger partial charge in [0, 0.05) is 16.4 Å². The number of carbonyl (C=O) groups excluding carboxylic acids is 1. The Kier molecular flexibility index (Phi) is 4.91. The van der Waals surface area contributed by atoms with Crippen LogP contribution in [0.5, 0.6) is 5.75 Å². The van der Waals surface area contributed by atoms with Crippen LogP contribution in [0.2, 0.25) is 5.02 Å². The first-order chi connectivity index (χ1) is 13.5. The average molecular weight is 420 g/mol. The van der Waals surface area contributed by atoms with Crippen molar-refractivity contribution >= 4 is 34.1 Å². The number of amides is 1. The molecule has 9 heteroatoms. The molecule has 28 heavy (non-hydrogen) atoms. The summed E-state index contributed by atoms with van der Waals surface area (Å²) in [6, 6.07) is 11.1. The number of halogens is 2. The second-order valence-corrected chi connectivity index (χ2v) is 8.03. The highest BCUT2D eigenvalue weighted by Gasteiger charge is 2.29. The first-order valence-corrected chi connectivity index (χ1v) is 10.2. The van der Waals surface area contributed by atoms with Gasteiger partial charge in [-0.1, -0.05) is 17.7 Å². The molecule has 0 saturated carbocycles. The van der Waals surface area contributed by atoms with Gasteiger partial charge in [0.25, 0.3) is 5.91 Å². The van der Waals surface area contributed by atoms with Crippen molar-refractivity contribution in [3.8, 4) is 11.4 Å². The average Bonchev–Trinajstić information content (AvgIpc) is 3.19. The van der Waals surface area contributed by atoms with Crippen LogP contribution in [-0.2, 0) is 22.3 Å². The minimum absolute atomic E-state index is 0.00762. The fraction of sp³-hybridized carbons (Fsp3) is 0.158. The quantitative estimate of drug-likeness (QED) is 0.700. The van der Waals surface area contributed by atoms with Crippen LogP contribution >= 0.6 is 11.6 Å². The van der Waals surface area contributed by atoms with Gasteiger partial charge in [-0.2, -0.15) is 5.10 Å². The molecule has 0 unspecified atom stereocenters. The lowest BCUT2D eigenvalue weighted by molar-refractivity contribution is 0.102. The number of aromatic nitrogens is 2. The lowest BCUT2D eigenvalue weighted by Crippen LogP contribution is -2.18. The molecule has 4 rings (SSSR count). The standard InChI is InChI=1S/C19H15ClFN3O3S/c1-27-12-7-5-11(6-8-12)24-18(13-9-28(26)10-16(13)23-24)22-19(25)17-14(20)3-2-4-15(17)21/h2-8H,9-10H2,1H3,(H,22,25)/t28-/m0/s1. The topological polar surface area (TPSA) is 73.2 Å². The summed E-state index contributed by atoms with van der Waals surface area (Å²) >= 11 is 6.01. The number of fused-ring (bicyclic) bond motifs is 1. The summed E-state index contributed by atoms with van der Waals surface area (Å²) in [7, 11) is 0.482. The zero-order valence-corrected chi connectivity index (χ0v) is 16.3. The molecule has 0 fully saturated rings. The highest BCUT2D eigenvalue weighted by molar-refractivity contribution is 7.83. The van der Waals surface area contributed by atoms with Crippen LogP contribution in [0, 0.1) is 5.82 Å². The predicted molar refractivity (Wildman–Crippen MR) is 105 cm³/mol. The fourth-order valence-electron chi connectivity index (χ4n) is 3.05. The molecule has 1 aliphatic rings. The van der Waals surface area contributed by atoms with Gasteiger partial charge in [-0.15, -0.1) is 0 Å². The molecule has 0 spiro atoms. The predicted octanol–water partition coefficient (Wildman–Crippen LogP) is 3.69. The van der Waals surface area contributed by atoms with E-state index >= 15 is 0 Å². The summed E-state index contributed by atoms with van der Waals surface area (Å²) < 4.78 is 32.8. The Morgan fingerprint density at radius 2 is 2.00 bits per heavy atom. The van der Waals surface area contributed by atoms with Crippen molar-refractivity contribution < 1.29 is 18.1 Å². The molecule has 0 bridgehead atoms. The number of anilines is 1. The van der Waals surface area contributed by atoms with Crippen molar-refractivity contribution in [3.05, 3.63) is 70.1 Å². The number of nitrogens with zero attached hydrogens (tertiary/aromatic N) is 2. The first-order valence-electron chi connectivity index (χ1n) is 8.33. The smallest absolute Gasteiger partial charge is 0.261 e. The molecular weight excluding hydrogens is 405 g/mol. The van der Waals surface area contributed by atoms with E-state index in [4.69, 9.17) is 16.3 Å². The molecule has 0 aliphatic carbocycles. The maximum absolute atomic E-state index is 14.1. The van der Waals surface area contributed by atoms with Crippen LogP contribution in [-0.4, -0.2) is 27.0 Å². The molecule has 6 nitrogen and oxygen atoms in total. The Morgan fingerprint density at radius 3 is 2.68 bits per heavy atom. The van der Waals surface area contributed by atoms with Gasteiger partial charge in [0.2, 0.25) is 0 Å². The third-order valence-electron chi connectivity index (χ3n) is 4.41. The van der Waals surface area contributed by atoms with E-state index in [9.17, 15) is 13.4 Å². The SMILES string of the molecule is COc1ccc(-n2nc3c(c2NC(=O)c2c(F)cccc2Cl)C[S@](=O)C3)cc1. The van der Waals surface area contributed by atoms with Gasteiger partial charge < -0.3 is 10.1 Å². The summed E-state index contributed by atoms with van der Waals surface area (Å²) in [4.78, 5) is 12.7. The number of benzene rings is 2. The van der Waals surface area contributed by atoms with E-state index in [1.165, 1.54) is 18.2 Å². The largest absolute Gasteiger partial charge is 0.497 e. The molecule has 2 aromatic carbocycles. The number of ether oxygens (including phenoxy) is 1. The normalized spacial score (nSPS) is 15.3. The maximum Gasteiger partial charge on any atom is 0.261 e. The zero-order chi connectivity index (χ0) is 19.8. The van der Waals surface area contributed by atoms with Gasteiger partial charge in [0.1, 0.15) is 17.4 Å². The number of rotatable bonds is 4. The van der Waals surface area contributed by atoms with Gasteiger partial charge in [-0.05, 0) is 36.4 Å². The van der Waals surface area contributed by atoms with Gasteiger partial charge >= 0.3 is 0 Å². The fourth-order valence-corrected chi connectivity index (χ4v) is 4.56. The van der Waals surface area contributed by atoms with Crippen LogP contribution in [0.25, 0.3) is 5.69 Å². The Balaban J connectivity index is 1.77. The van der Waals surface area contributed by atoms with Crippen molar-refractivity contribution in [3.63, 3.8) is 0 Å². The Hall–Kier alpha value is -2.71. The Bertz CT molecular complexity index is 1080. The number of hydrogen-bond donors (Lipinski definition) is 1. The monoisotopic (exact) mass is 419 g/mol. The van der Waals surface area contributed by atoms with Gasteiger partial charge in [0.15, 0.2) is 0 Å². The van der Waals surface area contributed by atoms with E-state index in [-0.39, 0.29) is 16.3 Å². The minimum atomic E-state index is -1.08. The van der Waals surface area contributed by atoms with Crippen LogP contribution in [0.15, 0.2) is 42.5 Å². The Morgan fingerprint density at radius 1 is 1.25 bits per heavy atom. The van der Waals surface area contributed by atoms with E-state index in [0.717, 1.165) is 0 Å². The molecule has 1 atom stereocenters. The second-order valence-electron chi connectivity index (χ2n) is 6.16. The van der Waals surface area contributed by atoms with Crippen molar-refractivity contribution in [2.45, 2.75) is 11.5 Å². The van der Waals surface area contributed by atoms with E-state index in [0.29, 0.717) is 34.3 Å². The maximum atomic E-state index is 14.1. The van der Waals surface area contributed by atoms with Crippen molar-refractivity contribution in [1.29, 1.82) is 0 Å². The molecular formula is C19H15ClFN3O3S. The third kappa shape index (κ3) is 3.29. The summed E-state index contributed by atoms with van der Waals surface area (Å²) in [6.45, 7) is 0. The zero-order valence-electron chi connectivity index (χ0n) is 14.7. The number of carbonyl (C=O) groups is 1. The van der Waals surface area contributed by atoms with Crippen molar-refractivity contribution in [2.24, 2.45) is 0 Å². The molecule has 0 radical (unpaired) electrons. The lowest BCUT2D eigenvalue weighted by atomic mass is 10.2. The van der Waals surface area contributed by atoms with Gasteiger partial charge in [-0.3, -0.25) is 9.00 Å². The van der Waals surface area contributed by atoms with Crippen LogP contribution in [0.4, 0.5) is 10.2 Å².